The van der Waals surface area contributed by atoms with Crippen molar-refractivity contribution in [1.82, 2.24) is 15.3 Å². The van der Waals surface area contributed by atoms with Crippen molar-refractivity contribution in [3.63, 3.8) is 0 Å². The Kier molecular flexibility index (Phi) is 3.70. The molecule has 0 saturated carbocycles. The van der Waals surface area contributed by atoms with Crippen LogP contribution in [0.2, 0.25) is 5.15 Å². The Morgan fingerprint density at radius 2 is 2.55 bits per heavy atom. The summed E-state index contributed by atoms with van der Waals surface area (Å²) in [6.07, 6.45) is 1.64. The van der Waals surface area contributed by atoms with Gasteiger partial charge in [-0.3, -0.25) is 5.09 Å². The quantitative estimate of drug-likeness (QED) is 0.732. The molecule has 0 radical (unpaired) electrons. The zero-order valence-corrected chi connectivity index (χ0v) is 7.89. The smallest absolute Gasteiger partial charge is 0.156 e. The Morgan fingerprint density at radius 1 is 1.73 bits per heavy atom. The van der Waals surface area contributed by atoms with Crippen LogP contribution in [0.4, 0.5) is 0 Å². The summed E-state index contributed by atoms with van der Waals surface area (Å²) >= 11 is 5.75. The van der Waals surface area contributed by atoms with E-state index >= 15 is 0 Å². The van der Waals surface area contributed by atoms with E-state index in [1.165, 1.54) is 0 Å². The number of nitrogens with one attached hydrogen (secondary N) is 1. The molecule has 0 saturated heterocycles. The number of aromatic nitrogens is 2. The highest BCUT2D eigenvalue weighted by molar-refractivity contribution is 7.34. The van der Waals surface area contributed by atoms with Gasteiger partial charge in [0, 0.05) is 12.1 Å². The van der Waals surface area contributed by atoms with Gasteiger partial charge in [-0.25, -0.2) is 0 Å². The molecule has 0 aliphatic carbocycles. The van der Waals surface area contributed by atoms with E-state index in [2.05, 4.69) is 21.9 Å². The monoisotopic (exact) mass is 189 g/mol. The Balaban J connectivity index is 2.62. The zero-order valence-electron chi connectivity index (χ0n) is 6.13. The second kappa shape index (κ2) is 4.60. The van der Waals surface area contributed by atoms with Crippen LogP contribution in [0.25, 0.3) is 0 Å². The third-order valence-electron chi connectivity index (χ3n) is 1.21. The van der Waals surface area contributed by atoms with Gasteiger partial charge in [0.05, 0.1) is 6.20 Å². The van der Waals surface area contributed by atoms with Gasteiger partial charge in [-0.05, 0) is 12.7 Å². The topological polar surface area (TPSA) is 37.8 Å². The van der Waals surface area contributed by atoms with Crippen LogP contribution < -0.4 is 5.09 Å². The second-order valence-electron chi connectivity index (χ2n) is 1.95. The highest BCUT2D eigenvalue weighted by atomic mass is 35.5. The highest BCUT2D eigenvalue weighted by Crippen LogP contribution is 2.10. The molecule has 11 heavy (non-hydrogen) atoms. The van der Waals surface area contributed by atoms with Crippen molar-refractivity contribution >= 4 is 20.3 Å². The molecule has 3 nitrogen and oxygen atoms in total. The van der Waals surface area contributed by atoms with Crippen molar-refractivity contribution in [2.24, 2.45) is 0 Å². The maximum atomic E-state index is 5.75. The van der Waals surface area contributed by atoms with Crippen LogP contribution in [0.3, 0.4) is 0 Å². The molecule has 0 aromatic carbocycles. The largest absolute Gasteiger partial charge is 0.294 e. The van der Waals surface area contributed by atoms with Gasteiger partial charge in [0.15, 0.2) is 5.15 Å². The Labute approximate surface area is 72.4 Å². The van der Waals surface area contributed by atoms with E-state index in [1.54, 1.807) is 6.20 Å². The number of hydrogen-bond donors (Lipinski definition) is 1. The third kappa shape index (κ3) is 2.70. The third-order valence-corrected chi connectivity index (χ3v) is 2.06. The fourth-order valence-electron chi connectivity index (χ4n) is 0.656. The van der Waals surface area contributed by atoms with E-state index in [1.807, 2.05) is 6.07 Å². The molecule has 0 fully saturated rings. The van der Waals surface area contributed by atoms with Crippen LogP contribution in [-0.4, -0.2) is 16.9 Å². The fraction of sp³-hybridized carbons (Fsp3) is 0.333. The van der Waals surface area contributed by atoms with Crippen LogP contribution in [0.1, 0.15) is 5.56 Å². The molecule has 0 aliphatic rings. The van der Waals surface area contributed by atoms with E-state index in [4.69, 9.17) is 11.6 Å². The summed E-state index contributed by atoms with van der Waals surface area (Å²) in [6, 6.07) is 1.86. The van der Waals surface area contributed by atoms with Gasteiger partial charge in [-0.1, -0.05) is 20.3 Å². The lowest BCUT2D eigenvalue weighted by Gasteiger charge is -2.01. The minimum absolute atomic E-state index is 0.484. The summed E-state index contributed by atoms with van der Waals surface area (Å²) in [5.74, 6) is 0. The van der Waals surface area contributed by atoms with Crippen molar-refractivity contribution in [2.45, 2.75) is 6.54 Å². The van der Waals surface area contributed by atoms with Crippen LogP contribution >= 0.6 is 20.3 Å². The molecule has 1 aromatic rings. The first kappa shape index (κ1) is 8.85. The first-order chi connectivity index (χ1) is 5.34. The molecular formula is C6H9ClN3P. The summed E-state index contributed by atoms with van der Waals surface area (Å²) in [5, 5.41) is 11.0. The van der Waals surface area contributed by atoms with E-state index < -0.39 is 0 Å². The molecule has 5 heteroatoms. The van der Waals surface area contributed by atoms with Crippen molar-refractivity contribution < 1.29 is 0 Å². The molecule has 0 amide bonds. The first-order valence-corrected chi connectivity index (χ1v) is 5.08. The molecule has 0 bridgehead atoms. The molecule has 0 spiro atoms. The first-order valence-electron chi connectivity index (χ1n) is 3.20. The van der Waals surface area contributed by atoms with Gasteiger partial charge in [-0.2, -0.15) is 5.10 Å². The van der Waals surface area contributed by atoms with Crippen molar-refractivity contribution in [2.75, 3.05) is 6.66 Å². The average Bonchev–Trinajstić information content (AvgIpc) is 2.03. The maximum absolute atomic E-state index is 5.75. The van der Waals surface area contributed by atoms with Crippen LogP contribution in [0, 0.1) is 0 Å². The molecule has 1 heterocycles. The lowest BCUT2D eigenvalue weighted by molar-refractivity contribution is 0.922. The van der Waals surface area contributed by atoms with Crippen molar-refractivity contribution in [1.29, 1.82) is 0 Å². The average molecular weight is 190 g/mol. The summed E-state index contributed by atoms with van der Waals surface area (Å²) in [7, 11) is 0.723. The summed E-state index contributed by atoms with van der Waals surface area (Å²) in [4.78, 5) is 0. The molecule has 0 aliphatic heterocycles. The normalized spacial score (nSPS) is 11.1. The Morgan fingerprint density at radius 3 is 3.18 bits per heavy atom. The lowest BCUT2D eigenvalue weighted by Crippen LogP contribution is -2.02. The number of hydrogen-bond acceptors (Lipinski definition) is 3. The minimum atomic E-state index is 0.484. The van der Waals surface area contributed by atoms with Gasteiger partial charge in [0.2, 0.25) is 0 Å². The minimum Gasteiger partial charge on any atom is -0.294 e. The lowest BCUT2D eigenvalue weighted by atomic mass is 10.3. The molecule has 1 unspecified atom stereocenters. The van der Waals surface area contributed by atoms with Crippen LogP contribution in [0.5, 0.6) is 0 Å². The van der Waals surface area contributed by atoms with E-state index in [9.17, 15) is 0 Å². The summed E-state index contributed by atoms with van der Waals surface area (Å²) < 4.78 is 0. The van der Waals surface area contributed by atoms with Gasteiger partial charge in [-0.15, -0.1) is 5.10 Å². The number of nitrogens with zero attached hydrogens (tertiary/aromatic N) is 2. The van der Waals surface area contributed by atoms with Gasteiger partial charge in [0.25, 0.3) is 0 Å². The van der Waals surface area contributed by atoms with E-state index in [0.717, 1.165) is 20.8 Å². The van der Waals surface area contributed by atoms with Crippen LogP contribution in [0.15, 0.2) is 12.3 Å². The summed E-state index contributed by atoms with van der Waals surface area (Å²) in [5.41, 5.74) is 0.996. The predicted octanol–water partition coefficient (Wildman–Crippen LogP) is 1.44. The Hall–Kier alpha value is -0.240. The molecule has 1 aromatic heterocycles. The summed E-state index contributed by atoms with van der Waals surface area (Å²) in [6.45, 7) is 2.84. The number of rotatable bonds is 3. The van der Waals surface area contributed by atoms with E-state index in [0.29, 0.717) is 5.15 Å². The predicted molar refractivity (Wildman–Crippen MR) is 48.1 cm³/mol. The van der Waals surface area contributed by atoms with Gasteiger partial charge < -0.3 is 0 Å². The van der Waals surface area contributed by atoms with Gasteiger partial charge in [0.1, 0.15) is 0 Å². The van der Waals surface area contributed by atoms with Crippen LogP contribution in [-0.2, 0) is 6.54 Å². The standard InChI is InChI=1S/C6H9ClN3P/c1-11-9-4-5-2-3-8-10-6(5)7/h2-3,9,11H,4H2,1H3. The molecule has 1 atom stereocenters. The van der Waals surface area contributed by atoms with Gasteiger partial charge >= 0.3 is 0 Å². The fourth-order valence-corrected chi connectivity index (χ4v) is 1.20. The molecule has 60 valence electrons. The maximum Gasteiger partial charge on any atom is 0.156 e. The highest BCUT2D eigenvalue weighted by Gasteiger charge is 1.98. The molecule has 1 N–H and O–H groups in total. The SMILES string of the molecule is CPNCc1ccnnc1Cl. The second-order valence-corrected chi connectivity index (χ2v) is 3.16. The number of halogens is 1. The molecular weight excluding hydrogens is 181 g/mol. The van der Waals surface area contributed by atoms with Crippen molar-refractivity contribution in [3.8, 4) is 0 Å². The molecule has 1 rings (SSSR count). The zero-order chi connectivity index (χ0) is 8.10. The van der Waals surface area contributed by atoms with Crippen molar-refractivity contribution in [3.05, 3.63) is 23.0 Å². The van der Waals surface area contributed by atoms with E-state index in [-0.39, 0.29) is 0 Å². The Bertz CT molecular complexity index is 231.